The van der Waals surface area contributed by atoms with Gasteiger partial charge in [0.25, 0.3) is 0 Å². The van der Waals surface area contributed by atoms with Gasteiger partial charge in [0.2, 0.25) is 0 Å². The predicted octanol–water partition coefficient (Wildman–Crippen LogP) is 3.66. The average Bonchev–Trinajstić information content (AvgIpc) is 2.16. The summed E-state index contributed by atoms with van der Waals surface area (Å²) in [5, 5.41) is 3.36. The van der Waals surface area contributed by atoms with Crippen LogP contribution >= 0.6 is 0 Å². The van der Waals surface area contributed by atoms with E-state index < -0.39 is 0 Å². The minimum Gasteiger partial charge on any atom is -0.313 e. The first kappa shape index (κ1) is 13.2. The van der Waals surface area contributed by atoms with E-state index in [4.69, 9.17) is 0 Å². The van der Waals surface area contributed by atoms with Gasteiger partial charge >= 0.3 is 0 Å². The minimum absolute atomic E-state index is 0.154. The van der Waals surface area contributed by atoms with Gasteiger partial charge in [-0.25, -0.2) is 4.39 Å². The number of nitrogens with one attached hydrogen (secondary N) is 1. The van der Waals surface area contributed by atoms with Gasteiger partial charge in [0.1, 0.15) is 5.82 Å². The first-order valence-electron chi connectivity index (χ1n) is 5.84. The van der Waals surface area contributed by atoms with Crippen molar-refractivity contribution in [3.8, 4) is 0 Å². The van der Waals surface area contributed by atoms with Crippen LogP contribution in [0.25, 0.3) is 0 Å². The van der Waals surface area contributed by atoms with E-state index in [0.29, 0.717) is 5.41 Å². The summed E-state index contributed by atoms with van der Waals surface area (Å²) in [6, 6.07) is 4.95. The fourth-order valence-corrected chi connectivity index (χ4v) is 1.52. The third-order valence-electron chi connectivity index (χ3n) is 2.68. The molecule has 16 heavy (non-hydrogen) atoms. The molecule has 0 radical (unpaired) electrons. The van der Waals surface area contributed by atoms with Crippen LogP contribution in [-0.2, 0) is 6.54 Å². The van der Waals surface area contributed by atoms with Gasteiger partial charge in [-0.05, 0) is 48.6 Å². The van der Waals surface area contributed by atoms with Gasteiger partial charge in [0.05, 0.1) is 0 Å². The summed E-state index contributed by atoms with van der Waals surface area (Å²) in [6.45, 7) is 10.4. The molecular weight excluding hydrogens is 201 g/mol. The van der Waals surface area contributed by atoms with E-state index >= 15 is 0 Å². The standard InChI is InChI=1S/C14H22FN/c1-11-5-6-13(15)9-12(11)10-16-8-7-14(2,3)4/h5-6,9,16H,7-8,10H2,1-4H3. The first-order valence-corrected chi connectivity index (χ1v) is 5.84. The van der Waals surface area contributed by atoms with Crippen LogP contribution in [0, 0.1) is 18.2 Å². The second kappa shape index (κ2) is 5.44. The molecule has 1 nitrogen and oxygen atoms in total. The van der Waals surface area contributed by atoms with E-state index in [1.165, 1.54) is 6.07 Å². The average molecular weight is 223 g/mol. The number of hydrogen-bond donors (Lipinski definition) is 1. The highest BCUT2D eigenvalue weighted by atomic mass is 19.1. The van der Waals surface area contributed by atoms with E-state index in [9.17, 15) is 4.39 Å². The fourth-order valence-electron chi connectivity index (χ4n) is 1.52. The molecule has 1 rings (SSSR count). The van der Waals surface area contributed by atoms with Gasteiger partial charge < -0.3 is 5.32 Å². The third kappa shape index (κ3) is 4.75. The summed E-state index contributed by atoms with van der Waals surface area (Å²) in [5.41, 5.74) is 2.54. The first-order chi connectivity index (χ1) is 7.38. The summed E-state index contributed by atoms with van der Waals surface area (Å²) in [7, 11) is 0. The maximum Gasteiger partial charge on any atom is 0.123 e. The smallest absolute Gasteiger partial charge is 0.123 e. The second-order valence-corrected chi connectivity index (χ2v) is 5.56. The molecule has 0 saturated heterocycles. The topological polar surface area (TPSA) is 12.0 Å². The molecule has 0 aliphatic heterocycles. The fraction of sp³-hybridized carbons (Fsp3) is 0.571. The lowest BCUT2D eigenvalue weighted by Crippen LogP contribution is -2.20. The number of benzene rings is 1. The van der Waals surface area contributed by atoms with Crippen LogP contribution in [0.4, 0.5) is 4.39 Å². The molecule has 0 unspecified atom stereocenters. The van der Waals surface area contributed by atoms with Crippen molar-refractivity contribution in [3.05, 3.63) is 35.1 Å². The normalized spacial score (nSPS) is 11.8. The number of rotatable bonds is 4. The van der Waals surface area contributed by atoms with Gasteiger partial charge in [-0.1, -0.05) is 26.8 Å². The SMILES string of the molecule is Cc1ccc(F)cc1CNCCC(C)(C)C. The molecule has 1 aromatic carbocycles. The van der Waals surface area contributed by atoms with E-state index in [2.05, 4.69) is 26.1 Å². The lowest BCUT2D eigenvalue weighted by Gasteiger charge is -2.18. The molecule has 2 heteroatoms. The molecule has 0 fully saturated rings. The molecule has 0 heterocycles. The van der Waals surface area contributed by atoms with Crippen molar-refractivity contribution in [2.45, 2.75) is 40.7 Å². The van der Waals surface area contributed by atoms with Crippen molar-refractivity contribution in [1.29, 1.82) is 0 Å². The Labute approximate surface area is 98.1 Å². The minimum atomic E-state index is -0.154. The molecular formula is C14H22FN. The maximum absolute atomic E-state index is 13.0. The molecule has 0 atom stereocenters. The molecule has 0 aliphatic rings. The molecule has 0 aliphatic carbocycles. The van der Waals surface area contributed by atoms with E-state index in [0.717, 1.165) is 30.6 Å². The van der Waals surface area contributed by atoms with Crippen LogP contribution in [-0.4, -0.2) is 6.54 Å². The van der Waals surface area contributed by atoms with Gasteiger partial charge in [-0.2, -0.15) is 0 Å². The Morgan fingerprint density at radius 2 is 1.94 bits per heavy atom. The highest BCUT2D eigenvalue weighted by molar-refractivity contribution is 5.26. The van der Waals surface area contributed by atoms with Crippen LogP contribution in [0.1, 0.15) is 38.3 Å². The number of halogens is 1. The molecule has 0 bridgehead atoms. The van der Waals surface area contributed by atoms with Crippen LogP contribution in [0.15, 0.2) is 18.2 Å². The van der Waals surface area contributed by atoms with E-state index in [1.54, 1.807) is 6.07 Å². The molecule has 0 aromatic heterocycles. The molecule has 90 valence electrons. The quantitative estimate of drug-likeness (QED) is 0.768. The monoisotopic (exact) mass is 223 g/mol. The Bertz CT molecular complexity index is 339. The van der Waals surface area contributed by atoms with Crippen molar-refractivity contribution in [2.75, 3.05) is 6.54 Å². The van der Waals surface area contributed by atoms with Crippen molar-refractivity contribution in [3.63, 3.8) is 0 Å². The van der Waals surface area contributed by atoms with Crippen LogP contribution < -0.4 is 5.32 Å². The summed E-state index contributed by atoms with van der Waals surface area (Å²) in [6.07, 6.45) is 1.13. The largest absolute Gasteiger partial charge is 0.313 e. The lowest BCUT2D eigenvalue weighted by atomic mass is 9.92. The Kier molecular flexibility index (Phi) is 4.48. The van der Waals surface area contributed by atoms with Gasteiger partial charge in [-0.15, -0.1) is 0 Å². The molecule has 1 aromatic rings. The zero-order valence-electron chi connectivity index (χ0n) is 10.7. The Balaban J connectivity index is 2.40. The summed E-state index contributed by atoms with van der Waals surface area (Å²) >= 11 is 0. The summed E-state index contributed by atoms with van der Waals surface area (Å²) in [5.74, 6) is -0.154. The van der Waals surface area contributed by atoms with Gasteiger partial charge in [0, 0.05) is 6.54 Å². The van der Waals surface area contributed by atoms with E-state index in [1.807, 2.05) is 13.0 Å². The maximum atomic E-state index is 13.0. The van der Waals surface area contributed by atoms with Crippen molar-refractivity contribution >= 4 is 0 Å². The molecule has 0 saturated carbocycles. The van der Waals surface area contributed by atoms with E-state index in [-0.39, 0.29) is 5.82 Å². The van der Waals surface area contributed by atoms with Crippen molar-refractivity contribution < 1.29 is 4.39 Å². The van der Waals surface area contributed by atoms with Crippen LogP contribution in [0.5, 0.6) is 0 Å². The van der Waals surface area contributed by atoms with Crippen LogP contribution in [0.2, 0.25) is 0 Å². The third-order valence-corrected chi connectivity index (χ3v) is 2.68. The number of aryl methyl sites for hydroxylation is 1. The zero-order chi connectivity index (χ0) is 12.2. The Morgan fingerprint density at radius 3 is 2.56 bits per heavy atom. The Hall–Kier alpha value is -0.890. The summed E-state index contributed by atoms with van der Waals surface area (Å²) in [4.78, 5) is 0. The van der Waals surface area contributed by atoms with Crippen molar-refractivity contribution in [1.82, 2.24) is 5.32 Å². The Morgan fingerprint density at radius 1 is 1.25 bits per heavy atom. The summed E-state index contributed by atoms with van der Waals surface area (Å²) < 4.78 is 13.0. The zero-order valence-corrected chi connectivity index (χ0v) is 10.7. The molecule has 0 spiro atoms. The highest BCUT2D eigenvalue weighted by Crippen LogP contribution is 2.17. The highest BCUT2D eigenvalue weighted by Gasteiger charge is 2.09. The van der Waals surface area contributed by atoms with Crippen LogP contribution in [0.3, 0.4) is 0 Å². The lowest BCUT2D eigenvalue weighted by molar-refractivity contribution is 0.366. The second-order valence-electron chi connectivity index (χ2n) is 5.56. The van der Waals surface area contributed by atoms with Gasteiger partial charge in [-0.3, -0.25) is 0 Å². The van der Waals surface area contributed by atoms with Crippen molar-refractivity contribution in [2.24, 2.45) is 5.41 Å². The molecule has 0 amide bonds. The number of hydrogen-bond acceptors (Lipinski definition) is 1. The molecule has 1 N–H and O–H groups in total. The predicted molar refractivity (Wildman–Crippen MR) is 66.9 cm³/mol. The van der Waals surface area contributed by atoms with Gasteiger partial charge in [0.15, 0.2) is 0 Å².